The zero-order valence-electron chi connectivity index (χ0n) is 25.4. The van der Waals surface area contributed by atoms with Gasteiger partial charge in [0.15, 0.2) is 23.6 Å². The Morgan fingerprint density at radius 2 is 1.86 bits per heavy atom. The molecule has 3 aromatic rings. The Morgan fingerprint density at radius 1 is 1.16 bits per heavy atom. The summed E-state index contributed by atoms with van der Waals surface area (Å²) in [6.45, 7) is 8.97. The van der Waals surface area contributed by atoms with Gasteiger partial charge in [-0.3, -0.25) is 4.79 Å². The Morgan fingerprint density at radius 3 is 2.50 bits per heavy atom. The molecule has 2 heterocycles. The van der Waals surface area contributed by atoms with Crippen LogP contribution in [0.15, 0.2) is 39.5 Å². The molecule has 2 aromatic carbocycles. The number of aromatic hydroxyl groups is 2. The van der Waals surface area contributed by atoms with Crippen molar-refractivity contribution in [3.8, 4) is 17.2 Å². The van der Waals surface area contributed by atoms with Gasteiger partial charge in [-0.25, -0.2) is 9.59 Å². The smallest absolute Gasteiger partial charge is 0.404 e. The average molecular weight is 615 g/mol. The van der Waals surface area contributed by atoms with Crippen molar-refractivity contribution in [2.24, 2.45) is 11.7 Å². The van der Waals surface area contributed by atoms with Crippen LogP contribution in [-0.2, 0) is 20.6 Å². The molecule has 1 fully saturated rings. The SMILES string of the molecule is CO[C@@H]1C(OC(N)=O)C(O)[C@H](Oc2ccc3c(O)c(NC(=O)c4ccc(O)c(CCC(C)C)c4)c(=O)oc3c2C)OC1(C)C. The molecule has 2 amide bonds. The third-order valence-corrected chi connectivity index (χ3v) is 7.59. The number of aryl methyl sites for hydroxylation is 2. The van der Waals surface area contributed by atoms with Crippen molar-refractivity contribution >= 4 is 28.7 Å². The van der Waals surface area contributed by atoms with E-state index < -0.39 is 59.3 Å². The molecular weight excluding hydrogens is 576 g/mol. The number of nitrogens with one attached hydrogen (secondary N) is 1. The monoisotopic (exact) mass is 614 g/mol. The Labute approximate surface area is 253 Å². The van der Waals surface area contributed by atoms with E-state index in [1.54, 1.807) is 20.8 Å². The highest BCUT2D eigenvalue weighted by Crippen LogP contribution is 2.38. The second kappa shape index (κ2) is 12.7. The fraction of sp³-hybridized carbons (Fsp3) is 0.452. The molecule has 1 aromatic heterocycles. The number of carbonyl (C=O) groups is 2. The van der Waals surface area contributed by atoms with Crippen LogP contribution in [0.4, 0.5) is 10.5 Å². The Kier molecular flexibility index (Phi) is 9.42. The van der Waals surface area contributed by atoms with Crippen LogP contribution in [0, 0.1) is 12.8 Å². The van der Waals surface area contributed by atoms with Gasteiger partial charge in [0.2, 0.25) is 6.29 Å². The molecule has 44 heavy (non-hydrogen) atoms. The number of aliphatic hydroxyl groups excluding tert-OH is 1. The Balaban J connectivity index is 1.62. The summed E-state index contributed by atoms with van der Waals surface area (Å²) in [7, 11) is 1.37. The number of primary amides is 1. The van der Waals surface area contributed by atoms with Crippen molar-refractivity contribution in [1.29, 1.82) is 0 Å². The van der Waals surface area contributed by atoms with Crippen molar-refractivity contribution in [3.63, 3.8) is 0 Å². The number of anilines is 1. The summed E-state index contributed by atoms with van der Waals surface area (Å²) < 4.78 is 27.9. The summed E-state index contributed by atoms with van der Waals surface area (Å²) in [5.41, 5.74) is 3.65. The standard InChI is InChI=1S/C31H38N2O11/c1-14(2)7-8-16-13-17(9-11-19(16)34)27(37)33-21-22(35)18-10-12-20(15(3)24(18)42-28(21)38)41-29-23(36)25(43-30(32)39)26(40-6)31(4,5)44-29/h9-14,23,25-26,29,34-36H,7-8H2,1-6H3,(H2,32,39)(H,33,37)/t23?,25?,26-,29-/m1/s1. The number of amides is 2. The van der Waals surface area contributed by atoms with Crippen LogP contribution < -0.4 is 21.4 Å². The number of fused-ring (bicyclic) bond motifs is 1. The van der Waals surface area contributed by atoms with Crippen LogP contribution in [0.5, 0.6) is 17.2 Å². The fourth-order valence-corrected chi connectivity index (χ4v) is 5.23. The number of methoxy groups -OCH3 is 1. The van der Waals surface area contributed by atoms with E-state index in [2.05, 4.69) is 5.32 Å². The maximum Gasteiger partial charge on any atom is 0.404 e. The molecule has 6 N–H and O–H groups in total. The minimum absolute atomic E-state index is 0.0344. The predicted octanol–water partition coefficient (Wildman–Crippen LogP) is 3.71. The van der Waals surface area contributed by atoms with Crippen LogP contribution in [0.1, 0.15) is 55.6 Å². The topological polar surface area (TPSA) is 200 Å². The second-order valence-electron chi connectivity index (χ2n) is 11.7. The van der Waals surface area contributed by atoms with E-state index in [9.17, 15) is 29.7 Å². The highest BCUT2D eigenvalue weighted by atomic mass is 16.7. The molecule has 1 aliphatic rings. The van der Waals surface area contributed by atoms with Gasteiger partial charge in [-0.2, -0.15) is 0 Å². The molecular formula is C31H38N2O11. The van der Waals surface area contributed by atoms with Crippen LogP contribution in [-0.4, -0.2) is 64.6 Å². The zero-order valence-corrected chi connectivity index (χ0v) is 25.4. The van der Waals surface area contributed by atoms with Gasteiger partial charge in [0.05, 0.1) is 11.0 Å². The molecule has 4 rings (SSSR count). The number of rotatable bonds is 9. The van der Waals surface area contributed by atoms with Crippen LogP contribution in [0.2, 0.25) is 0 Å². The molecule has 4 atom stereocenters. The first-order valence-corrected chi connectivity index (χ1v) is 14.1. The normalized spacial score (nSPS) is 21.3. The maximum atomic E-state index is 13.0. The molecule has 13 heteroatoms. The average Bonchev–Trinajstić information content (AvgIpc) is 2.94. The third kappa shape index (κ3) is 6.59. The number of phenolic OH excluding ortho intramolecular Hbond substituents is 1. The quantitative estimate of drug-likeness (QED) is 0.220. The van der Waals surface area contributed by atoms with E-state index in [1.807, 2.05) is 13.8 Å². The summed E-state index contributed by atoms with van der Waals surface area (Å²) in [4.78, 5) is 37.5. The van der Waals surface area contributed by atoms with E-state index in [1.165, 1.54) is 37.4 Å². The number of nitrogens with two attached hydrogens (primary N) is 1. The first-order chi connectivity index (χ1) is 20.6. The summed E-state index contributed by atoms with van der Waals surface area (Å²) in [6, 6.07) is 7.22. The number of hydrogen-bond donors (Lipinski definition) is 5. The molecule has 0 aliphatic carbocycles. The van der Waals surface area contributed by atoms with Gasteiger partial charge in [-0.15, -0.1) is 0 Å². The van der Waals surface area contributed by atoms with Crippen molar-refractivity contribution in [2.45, 2.75) is 77.7 Å². The van der Waals surface area contributed by atoms with E-state index in [0.717, 1.165) is 6.42 Å². The highest BCUT2D eigenvalue weighted by molar-refractivity contribution is 6.06. The predicted molar refractivity (Wildman–Crippen MR) is 159 cm³/mol. The second-order valence-corrected chi connectivity index (χ2v) is 11.7. The minimum Gasteiger partial charge on any atom is -0.508 e. The van der Waals surface area contributed by atoms with E-state index in [-0.39, 0.29) is 33.6 Å². The lowest BCUT2D eigenvalue weighted by Crippen LogP contribution is -2.65. The van der Waals surface area contributed by atoms with Gasteiger partial charge < -0.3 is 49.7 Å². The molecule has 2 unspecified atom stereocenters. The van der Waals surface area contributed by atoms with Crippen LogP contribution in [0.3, 0.4) is 0 Å². The highest BCUT2D eigenvalue weighted by Gasteiger charge is 2.53. The number of hydrogen-bond acceptors (Lipinski definition) is 11. The summed E-state index contributed by atoms with van der Waals surface area (Å²) >= 11 is 0. The molecule has 1 saturated heterocycles. The summed E-state index contributed by atoms with van der Waals surface area (Å²) in [5.74, 6) is -0.617. The number of aliphatic hydroxyl groups is 1. The largest absolute Gasteiger partial charge is 0.508 e. The third-order valence-electron chi connectivity index (χ3n) is 7.59. The van der Waals surface area contributed by atoms with E-state index >= 15 is 0 Å². The van der Waals surface area contributed by atoms with Crippen LogP contribution in [0.25, 0.3) is 11.0 Å². The van der Waals surface area contributed by atoms with Gasteiger partial charge >= 0.3 is 11.7 Å². The van der Waals surface area contributed by atoms with Gasteiger partial charge in [-0.05, 0) is 75.4 Å². The lowest BCUT2D eigenvalue weighted by molar-refractivity contribution is -0.304. The number of carbonyl (C=O) groups excluding carboxylic acids is 2. The molecule has 0 bridgehead atoms. The first-order valence-electron chi connectivity index (χ1n) is 14.1. The zero-order chi connectivity index (χ0) is 32.5. The number of benzene rings is 2. The van der Waals surface area contributed by atoms with Crippen LogP contribution >= 0.6 is 0 Å². The number of ether oxygens (including phenoxy) is 4. The molecule has 238 valence electrons. The van der Waals surface area contributed by atoms with Crippen molar-refractivity contribution in [2.75, 3.05) is 12.4 Å². The molecule has 1 aliphatic heterocycles. The molecule has 0 spiro atoms. The molecule has 0 radical (unpaired) electrons. The minimum atomic E-state index is -1.51. The van der Waals surface area contributed by atoms with Gasteiger partial charge in [0, 0.05) is 18.2 Å². The lowest BCUT2D eigenvalue weighted by atomic mass is 9.89. The van der Waals surface area contributed by atoms with Crippen molar-refractivity contribution in [3.05, 3.63) is 57.4 Å². The Hall–Kier alpha value is -4.33. The molecule has 13 nitrogen and oxygen atoms in total. The summed E-state index contributed by atoms with van der Waals surface area (Å²) in [5, 5.41) is 34.6. The van der Waals surface area contributed by atoms with E-state index in [4.69, 9.17) is 29.1 Å². The Bertz CT molecular complexity index is 1610. The molecule has 0 saturated carbocycles. The van der Waals surface area contributed by atoms with Gasteiger partial charge in [0.25, 0.3) is 5.91 Å². The van der Waals surface area contributed by atoms with E-state index in [0.29, 0.717) is 17.9 Å². The van der Waals surface area contributed by atoms with Gasteiger partial charge in [-0.1, -0.05) is 13.8 Å². The summed E-state index contributed by atoms with van der Waals surface area (Å²) in [6.07, 6.45) is -4.72. The maximum absolute atomic E-state index is 13.0. The van der Waals surface area contributed by atoms with Crippen molar-refractivity contribution in [1.82, 2.24) is 0 Å². The number of phenols is 1. The lowest BCUT2D eigenvalue weighted by Gasteiger charge is -2.47. The van der Waals surface area contributed by atoms with Crippen molar-refractivity contribution < 1.29 is 48.3 Å². The van der Waals surface area contributed by atoms with Gasteiger partial charge in [0.1, 0.15) is 23.2 Å². The fourth-order valence-electron chi connectivity index (χ4n) is 5.23. The first kappa shape index (κ1) is 32.6.